The van der Waals surface area contributed by atoms with E-state index in [0.717, 1.165) is 12.5 Å². The number of carbonyl (C=O) groups is 1. The largest absolute Gasteiger partial charge is 0.306 e. The molecule has 0 unspecified atom stereocenters. The van der Waals surface area contributed by atoms with Crippen molar-refractivity contribution in [3.8, 4) is 0 Å². The molecule has 0 radical (unpaired) electrons. The van der Waals surface area contributed by atoms with Crippen LogP contribution in [0.2, 0.25) is 0 Å². The first-order valence-electron chi connectivity index (χ1n) is 6.39. The van der Waals surface area contributed by atoms with E-state index in [1.54, 1.807) is 0 Å². The van der Waals surface area contributed by atoms with E-state index in [0.29, 0.717) is 12.3 Å². The van der Waals surface area contributed by atoms with Crippen LogP contribution in [0, 0.1) is 11.8 Å². The molecule has 94 valence electrons. The number of nitrogens with zero attached hydrogens (tertiary/aromatic N) is 2. The number of Topliss-reactive ketones (excluding diaryl/α,β-unsaturated/α-hetero) is 1. The molecule has 0 aromatic heterocycles. The highest BCUT2D eigenvalue weighted by Gasteiger charge is 2.19. The lowest BCUT2D eigenvalue weighted by Crippen LogP contribution is -2.38. The monoisotopic (exact) mass is 226 g/mol. The van der Waals surface area contributed by atoms with E-state index in [4.69, 9.17) is 0 Å². The normalized spacial score (nSPS) is 19.6. The third-order valence-corrected chi connectivity index (χ3v) is 3.48. The molecule has 0 amide bonds. The minimum absolute atomic E-state index is 0.167. The molecule has 3 nitrogen and oxygen atoms in total. The molecule has 0 aromatic carbocycles. The van der Waals surface area contributed by atoms with Crippen LogP contribution in [0.25, 0.3) is 0 Å². The van der Waals surface area contributed by atoms with Crippen LogP contribution in [0.4, 0.5) is 0 Å². The molecular weight excluding hydrogens is 200 g/mol. The van der Waals surface area contributed by atoms with Gasteiger partial charge in [0.2, 0.25) is 0 Å². The van der Waals surface area contributed by atoms with Gasteiger partial charge >= 0.3 is 0 Å². The zero-order valence-electron chi connectivity index (χ0n) is 11.2. The molecule has 1 aliphatic heterocycles. The summed E-state index contributed by atoms with van der Waals surface area (Å²) in [6.45, 7) is 8.06. The van der Waals surface area contributed by atoms with Gasteiger partial charge in [-0.05, 0) is 45.9 Å². The molecule has 0 N–H and O–H groups in total. The van der Waals surface area contributed by atoms with Crippen LogP contribution in [0.1, 0.15) is 26.7 Å². The Balaban J connectivity index is 2.23. The Morgan fingerprint density at radius 3 is 2.44 bits per heavy atom. The Morgan fingerprint density at radius 1 is 1.38 bits per heavy atom. The van der Waals surface area contributed by atoms with Gasteiger partial charge in [0, 0.05) is 12.5 Å². The molecule has 1 aliphatic rings. The van der Waals surface area contributed by atoms with Crippen LogP contribution in [0.15, 0.2) is 0 Å². The van der Waals surface area contributed by atoms with Crippen molar-refractivity contribution in [1.29, 1.82) is 0 Å². The Morgan fingerprint density at radius 2 is 1.94 bits per heavy atom. The lowest BCUT2D eigenvalue weighted by molar-refractivity contribution is -0.122. The average molecular weight is 226 g/mol. The molecule has 0 spiro atoms. The minimum Gasteiger partial charge on any atom is -0.306 e. The number of piperidine rings is 1. The Bertz CT molecular complexity index is 220. The summed E-state index contributed by atoms with van der Waals surface area (Å²) in [4.78, 5) is 16.2. The van der Waals surface area contributed by atoms with Crippen LogP contribution in [0.3, 0.4) is 0 Å². The SMILES string of the molecule is CC(C)C(=O)CN(C)CC1CCN(C)CC1. The number of rotatable bonds is 5. The van der Waals surface area contributed by atoms with Gasteiger partial charge in [0.25, 0.3) is 0 Å². The summed E-state index contributed by atoms with van der Waals surface area (Å²) in [7, 11) is 4.25. The minimum atomic E-state index is 0.167. The molecule has 0 aliphatic carbocycles. The second-order valence-corrected chi connectivity index (χ2v) is 5.56. The van der Waals surface area contributed by atoms with Gasteiger partial charge in [0.15, 0.2) is 0 Å². The highest BCUT2D eigenvalue weighted by atomic mass is 16.1. The van der Waals surface area contributed by atoms with Crippen molar-refractivity contribution in [2.24, 2.45) is 11.8 Å². The third-order valence-electron chi connectivity index (χ3n) is 3.48. The van der Waals surface area contributed by atoms with Crippen molar-refractivity contribution >= 4 is 5.78 Å². The summed E-state index contributed by atoms with van der Waals surface area (Å²) in [5.41, 5.74) is 0. The highest BCUT2D eigenvalue weighted by molar-refractivity contribution is 5.82. The van der Waals surface area contributed by atoms with E-state index in [1.165, 1.54) is 25.9 Å². The molecule has 0 saturated carbocycles. The van der Waals surface area contributed by atoms with E-state index in [1.807, 2.05) is 13.8 Å². The summed E-state index contributed by atoms with van der Waals surface area (Å²) >= 11 is 0. The number of likely N-dealkylation sites (N-methyl/N-ethyl adjacent to an activating group) is 1. The maximum absolute atomic E-state index is 11.6. The number of hydrogen-bond acceptors (Lipinski definition) is 3. The second kappa shape index (κ2) is 6.36. The molecular formula is C13H26N2O. The van der Waals surface area contributed by atoms with E-state index in [2.05, 4.69) is 23.9 Å². The first-order chi connectivity index (χ1) is 7.49. The van der Waals surface area contributed by atoms with Crippen molar-refractivity contribution in [2.75, 3.05) is 40.3 Å². The first kappa shape index (κ1) is 13.7. The molecule has 1 fully saturated rings. The van der Waals surface area contributed by atoms with Crippen molar-refractivity contribution in [3.05, 3.63) is 0 Å². The fourth-order valence-electron chi connectivity index (χ4n) is 2.20. The smallest absolute Gasteiger partial charge is 0.149 e. The Hall–Kier alpha value is -0.410. The van der Waals surface area contributed by atoms with Crippen molar-refractivity contribution in [3.63, 3.8) is 0 Å². The summed E-state index contributed by atoms with van der Waals surface area (Å²) in [5.74, 6) is 1.30. The fraction of sp³-hybridized carbons (Fsp3) is 0.923. The van der Waals surface area contributed by atoms with Crippen molar-refractivity contribution in [2.45, 2.75) is 26.7 Å². The van der Waals surface area contributed by atoms with Crippen LogP contribution in [-0.2, 0) is 4.79 Å². The van der Waals surface area contributed by atoms with Gasteiger partial charge in [-0.15, -0.1) is 0 Å². The van der Waals surface area contributed by atoms with Crippen LogP contribution in [0.5, 0.6) is 0 Å². The standard InChI is InChI=1S/C13H26N2O/c1-11(2)13(16)10-15(4)9-12-5-7-14(3)8-6-12/h11-12H,5-10H2,1-4H3. The van der Waals surface area contributed by atoms with E-state index >= 15 is 0 Å². The van der Waals surface area contributed by atoms with Gasteiger partial charge in [-0.3, -0.25) is 9.69 Å². The Kier molecular flexibility index (Phi) is 5.42. The molecule has 3 heteroatoms. The quantitative estimate of drug-likeness (QED) is 0.709. The van der Waals surface area contributed by atoms with E-state index in [9.17, 15) is 4.79 Å². The predicted molar refractivity (Wildman–Crippen MR) is 67.6 cm³/mol. The topological polar surface area (TPSA) is 23.6 Å². The molecule has 1 rings (SSSR count). The maximum Gasteiger partial charge on any atom is 0.149 e. The number of ketones is 1. The Labute approximate surface area is 99.8 Å². The van der Waals surface area contributed by atoms with E-state index < -0.39 is 0 Å². The zero-order chi connectivity index (χ0) is 12.1. The molecule has 16 heavy (non-hydrogen) atoms. The number of likely N-dealkylation sites (tertiary alicyclic amines) is 1. The van der Waals surface area contributed by atoms with Gasteiger partial charge in [-0.1, -0.05) is 13.8 Å². The fourth-order valence-corrected chi connectivity index (χ4v) is 2.20. The molecule has 1 heterocycles. The molecule has 0 bridgehead atoms. The second-order valence-electron chi connectivity index (χ2n) is 5.56. The average Bonchev–Trinajstić information content (AvgIpc) is 2.21. The van der Waals surface area contributed by atoms with Crippen molar-refractivity contribution < 1.29 is 4.79 Å². The summed E-state index contributed by atoms with van der Waals surface area (Å²) < 4.78 is 0. The predicted octanol–water partition coefficient (Wildman–Crippen LogP) is 1.49. The van der Waals surface area contributed by atoms with E-state index in [-0.39, 0.29) is 5.92 Å². The number of carbonyl (C=O) groups excluding carboxylic acids is 1. The first-order valence-corrected chi connectivity index (χ1v) is 6.39. The van der Waals surface area contributed by atoms with Gasteiger partial charge in [-0.25, -0.2) is 0 Å². The van der Waals surface area contributed by atoms with Crippen LogP contribution < -0.4 is 0 Å². The zero-order valence-corrected chi connectivity index (χ0v) is 11.2. The van der Waals surface area contributed by atoms with Crippen LogP contribution in [-0.4, -0.2) is 55.9 Å². The molecule has 1 saturated heterocycles. The van der Waals surface area contributed by atoms with Gasteiger partial charge in [-0.2, -0.15) is 0 Å². The lowest BCUT2D eigenvalue weighted by atomic mass is 9.96. The van der Waals surface area contributed by atoms with Crippen LogP contribution >= 0.6 is 0 Å². The lowest BCUT2D eigenvalue weighted by Gasteiger charge is -2.31. The summed E-state index contributed by atoms with van der Waals surface area (Å²) in [6, 6.07) is 0. The van der Waals surface area contributed by atoms with Gasteiger partial charge in [0.1, 0.15) is 5.78 Å². The third kappa shape index (κ3) is 4.62. The maximum atomic E-state index is 11.6. The number of hydrogen-bond donors (Lipinski definition) is 0. The molecule has 0 aromatic rings. The van der Waals surface area contributed by atoms with Gasteiger partial charge < -0.3 is 4.90 Å². The summed E-state index contributed by atoms with van der Waals surface area (Å²) in [6.07, 6.45) is 2.55. The molecule has 0 atom stereocenters. The van der Waals surface area contributed by atoms with Crippen molar-refractivity contribution in [1.82, 2.24) is 9.80 Å². The highest BCUT2D eigenvalue weighted by Crippen LogP contribution is 2.16. The summed E-state index contributed by atoms with van der Waals surface area (Å²) in [5, 5.41) is 0. The van der Waals surface area contributed by atoms with Gasteiger partial charge in [0.05, 0.1) is 6.54 Å².